The van der Waals surface area contributed by atoms with Crippen molar-refractivity contribution in [3.63, 3.8) is 0 Å². The minimum absolute atomic E-state index is 0.687. The number of aromatic amines is 1. The average Bonchev–Trinajstić information content (AvgIpc) is 3.21. The molecule has 0 amide bonds. The maximum Gasteiger partial charge on any atom is 0.176 e. The molecule has 0 saturated carbocycles. The lowest BCUT2D eigenvalue weighted by Gasteiger charge is -2.08. The lowest BCUT2D eigenvalue weighted by molar-refractivity contribution is 0.313. The van der Waals surface area contributed by atoms with E-state index in [9.17, 15) is 0 Å². The summed E-state index contributed by atoms with van der Waals surface area (Å²) >= 11 is 2.35. The van der Waals surface area contributed by atoms with Crippen molar-refractivity contribution in [3.8, 4) is 23.2 Å². The molecule has 0 aromatic carbocycles. The standard InChI is InChI=1S/C21H19IN2O2/c1-5-15(25-4)10-17-14(3)23-11-18(17)21-19(12-24-26-21)16-8-6-7-9-20(22)13(16)2/h5,8,10-12,23H,3,9H2,1-2,4H3/b15-5+,17-10+. The number of H-pyrrole nitrogens is 1. The maximum atomic E-state index is 5.64. The van der Waals surface area contributed by atoms with Gasteiger partial charge in [-0.05, 0) is 65.8 Å². The Balaban J connectivity index is 2.21. The Morgan fingerprint density at radius 3 is 3.00 bits per heavy atom. The summed E-state index contributed by atoms with van der Waals surface area (Å²) in [5, 5.41) is 5.75. The Kier molecular flexibility index (Phi) is 5.52. The molecule has 3 rings (SSSR count). The molecule has 1 N–H and O–H groups in total. The predicted octanol–water partition coefficient (Wildman–Crippen LogP) is 3.91. The van der Waals surface area contributed by atoms with E-state index in [2.05, 4.69) is 58.1 Å². The molecule has 0 fully saturated rings. The molecule has 1 aliphatic carbocycles. The third-order valence-electron chi connectivity index (χ3n) is 4.29. The molecule has 2 aromatic heterocycles. The normalized spacial score (nSPS) is 15.5. The van der Waals surface area contributed by atoms with Gasteiger partial charge in [0.15, 0.2) is 5.76 Å². The summed E-state index contributed by atoms with van der Waals surface area (Å²) in [6.07, 6.45) is 10.2. The first kappa shape index (κ1) is 18.3. The summed E-state index contributed by atoms with van der Waals surface area (Å²) < 4.78 is 12.2. The van der Waals surface area contributed by atoms with Gasteiger partial charge in [0, 0.05) is 32.3 Å². The second kappa shape index (κ2) is 7.83. The molecule has 1 aliphatic rings. The number of aromatic nitrogens is 2. The zero-order valence-corrected chi connectivity index (χ0v) is 17.1. The van der Waals surface area contributed by atoms with E-state index < -0.39 is 0 Å². The minimum atomic E-state index is 0.687. The minimum Gasteiger partial charge on any atom is -0.497 e. The number of ether oxygens (including phenoxy) is 1. The summed E-state index contributed by atoms with van der Waals surface area (Å²) in [4.78, 5) is 3.17. The smallest absolute Gasteiger partial charge is 0.176 e. The van der Waals surface area contributed by atoms with Gasteiger partial charge in [-0.3, -0.25) is 0 Å². The van der Waals surface area contributed by atoms with Crippen molar-refractivity contribution in [2.75, 3.05) is 7.11 Å². The second-order valence-corrected chi connectivity index (χ2v) is 7.09. The molecule has 0 aliphatic heterocycles. The quantitative estimate of drug-likeness (QED) is 0.430. The lowest BCUT2D eigenvalue weighted by Crippen LogP contribution is -2.22. The second-order valence-electron chi connectivity index (χ2n) is 5.79. The van der Waals surface area contributed by atoms with E-state index in [0.717, 1.165) is 39.4 Å². The third-order valence-corrected chi connectivity index (χ3v) is 5.48. The average molecular weight is 458 g/mol. The van der Waals surface area contributed by atoms with Gasteiger partial charge in [0.1, 0.15) is 5.76 Å². The summed E-state index contributed by atoms with van der Waals surface area (Å²) in [5.74, 6) is 7.70. The van der Waals surface area contributed by atoms with E-state index in [1.807, 2.05) is 31.3 Å². The topological polar surface area (TPSA) is 51.0 Å². The molecule has 2 aromatic rings. The Bertz CT molecular complexity index is 1100. The molecule has 0 radical (unpaired) electrons. The van der Waals surface area contributed by atoms with E-state index in [-0.39, 0.29) is 0 Å². The Hall–Kier alpha value is -2.46. The van der Waals surface area contributed by atoms with Crippen LogP contribution in [0.2, 0.25) is 0 Å². The largest absolute Gasteiger partial charge is 0.497 e. The van der Waals surface area contributed by atoms with Gasteiger partial charge in [-0.15, -0.1) is 0 Å². The maximum absolute atomic E-state index is 5.64. The molecule has 4 nitrogen and oxygen atoms in total. The predicted molar refractivity (Wildman–Crippen MR) is 113 cm³/mol. The van der Waals surface area contributed by atoms with Gasteiger partial charge in [-0.2, -0.15) is 0 Å². The van der Waals surface area contributed by atoms with E-state index in [1.54, 1.807) is 13.3 Å². The van der Waals surface area contributed by atoms with Crippen molar-refractivity contribution in [2.45, 2.75) is 20.3 Å². The van der Waals surface area contributed by atoms with Crippen molar-refractivity contribution < 1.29 is 9.26 Å². The number of hydrogen-bond acceptors (Lipinski definition) is 3. The van der Waals surface area contributed by atoms with Crippen molar-refractivity contribution in [2.24, 2.45) is 0 Å². The molecule has 0 saturated heterocycles. The summed E-state index contributed by atoms with van der Waals surface area (Å²) in [6, 6.07) is 0. The van der Waals surface area contributed by atoms with Crippen molar-refractivity contribution in [1.29, 1.82) is 0 Å². The lowest BCUT2D eigenvalue weighted by atomic mass is 9.97. The molecule has 0 atom stereocenters. The Morgan fingerprint density at radius 2 is 2.27 bits per heavy atom. The van der Waals surface area contributed by atoms with Crippen LogP contribution >= 0.6 is 22.6 Å². The highest BCUT2D eigenvalue weighted by molar-refractivity contribution is 14.1. The first-order chi connectivity index (χ1) is 12.6. The van der Waals surface area contributed by atoms with Gasteiger partial charge in [0.05, 0.1) is 18.9 Å². The highest BCUT2D eigenvalue weighted by Crippen LogP contribution is 2.35. The number of rotatable bonds is 4. The van der Waals surface area contributed by atoms with Crippen LogP contribution in [0.5, 0.6) is 0 Å². The fourth-order valence-corrected chi connectivity index (χ4v) is 3.26. The Morgan fingerprint density at radius 1 is 1.46 bits per heavy atom. The summed E-state index contributed by atoms with van der Waals surface area (Å²) in [5.41, 5.74) is 4.02. The number of hydrogen-bond donors (Lipinski definition) is 1. The number of nitrogens with zero attached hydrogens (tertiary/aromatic N) is 1. The fourth-order valence-electron chi connectivity index (χ4n) is 2.78. The van der Waals surface area contributed by atoms with Gasteiger partial charge in [0.25, 0.3) is 0 Å². The van der Waals surface area contributed by atoms with Crippen LogP contribution in [-0.2, 0) is 4.74 Å². The van der Waals surface area contributed by atoms with Gasteiger partial charge in [-0.1, -0.05) is 23.6 Å². The van der Waals surface area contributed by atoms with Gasteiger partial charge in [0.2, 0.25) is 0 Å². The molecule has 0 bridgehead atoms. The zero-order valence-electron chi connectivity index (χ0n) is 14.9. The molecule has 26 heavy (non-hydrogen) atoms. The fraction of sp³-hybridized carbons (Fsp3) is 0.190. The molecule has 0 spiro atoms. The summed E-state index contributed by atoms with van der Waals surface area (Å²) in [6.45, 7) is 8.10. The van der Waals surface area contributed by atoms with Crippen LogP contribution in [0.25, 0.3) is 29.6 Å². The molecule has 5 heteroatoms. The van der Waals surface area contributed by atoms with Gasteiger partial charge in [-0.25, -0.2) is 0 Å². The van der Waals surface area contributed by atoms with Crippen LogP contribution < -0.4 is 10.6 Å². The molecular formula is C21H19IN2O2. The third kappa shape index (κ3) is 3.42. The van der Waals surface area contributed by atoms with Gasteiger partial charge >= 0.3 is 0 Å². The zero-order chi connectivity index (χ0) is 18.7. The van der Waals surface area contributed by atoms with Crippen molar-refractivity contribution >= 4 is 40.8 Å². The monoisotopic (exact) mass is 458 g/mol. The van der Waals surface area contributed by atoms with Crippen molar-refractivity contribution in [3.05, 3.63) is 55.6 Å². The first-order valence-corrected chi connectivity index (χ1v) is 9.22. The Labute approximate surface area is 166 Å². The summed E-state index contributed by atoms with van der Waals surface area (Å²) in [7, 11) is 1.64. The molecule has 2 heterocycles. The van der Waals surface area contributed by atoms with E-state index in [1.165, 1.54) is 9.15 Å². The number of nitrogens with one attached hydrogen (secondary N) is 1. The van der Waals surface area contributed by atoms with Crippen LogP contribution in [0.1, 0.15) is 25.8 Å². The molecule has 132 valence electrons. The van der Waals surface area contributed by atoms with Crippen molar-refractivity contribution in [1.82, 2.24) is 10.1 Å². The number of halogens is 1. The van der Waals surface area contributed by atoms with E-state index in [4.69, 9.17) is 9.26 Å². The van der Waals surface area contributed by atoms with Crippen LogP contribution in [0.3, 0.4) is 0 Å². The van der Waals surface area contributed by atoms with Crippen LogP contribution in [0.4, 0.5) is 0 Å². The van der Waals surface area contributed by atoms with Crippen LogP contribution in [0, 0.1) is 11.8 Å². The van der Waals surface area contributed by atoms with E-state index in [0.29, 0.717) is 5.76 Å². The highest BCUT2D eigenvalue weighted by atomic mass is 127. The SMILES string of the molecule is C=c1[nH]cc(-c2oncc2C2=CC#CCC(I)=C2C)/c1=C/C(=C\C)OC. The number of methoxy groups -OCH3 is 1. The molecular weight excluding hydrogens is 439 g/mol. The van der Waals surface area contributed by atoms with Crippen LogP contribution in [0.15, 0.2) is 44.0 Å². The van der Waals surface area contributed by atoms with Crippen LogP contribution in [-0.4, -0.2) is 17.3 Å². The number of allylic oxidation sites excluding steroid dienone is 6. The highest BCUT2D eigenvalue weighted by Gasteiger charge is 2.19. The van der Waals surface area contributed by atoms with E-state index >= 15 is 0 Å². The first-order valence-electron chi connectivity index (χ1n) is 8.14. The van der Waals surface area contributed by atoms with Gasteiger partial charge < -0.3 is 14.2 Å². The molecule has 0 unspecified atom stereocenters.